The van der Waals surface area contributed by atoms with E-state index in [9.17, 15) is 19.8 Å². The molecule has 2 aromatic heterocycles. The van der Waals surface area contributed by atoms with Crippen molar-refractivity contribution in [3.05, 3.63) is 45.3 Å². The fourth-order valence-electron chi connectivity index (χ4n) is 5.33. The van der Waals surface area contributed by atoms with E-state index in [0.29, 0.717) is 24.2 Å². The van der Waals surface area contributed by atoms with Crippen LogP contribution < -0.4 is 0 Å². The molecule has 0 unspecified atom stereocenters. The van der Waals surface area contributed by atoms with Crippen LogP contribution in [0.3, 0.4) is 0 Å². The number of hydrogen-bond donors (Lipinski definition) is 2. The zero-order chi connectivity index (χ0) is 32.0. The van der Waals surface area contributed by atoms with Gasteiger partial charge in [-0.15, -0.1) is 20.5 Å². The Kier molecular flexibility index (Phi) is 11.5. The number of hydrogen-bond acceptors (Lipinski definition) is 6. The van der Waals surface area contributed by atoms with Gasteiger partial charge in [0.2, 0.25) is 11.8 Å². The normalized spacial score (nSPS) is 12.3. The number of amides is 2. The molecule has 0 spiro atoms. The molecule has 0 radical (unpaired) electrons. The maximum atomic E-state index is 12.4. The molecule has 0 aliphatic rings. The van der Waals surface area contributed by atoms with E-state index >= 15 is 0 Å². The van der Waals surface area contributed by atoms with Gasteiger partial charge in [-0.05, 0) is 76.9 Å². The Morgan fingerprint density at radius 2 is 1.02 bits per heavy atom. The average Bonchev–Trinajstić information content (AvgIpc) is 3.40. The number of benzene rings is 2. The number of azo groups is 2. The summed E-state index contributed by atoms with van der Waals surface area (Å²) in [6.07, 6.45) is 5.57. The van der Waals surface area contributed by atoms with Crippen LogP contribution >= 0.6 is 31.9 Å². The van der Waals surface area contributed by atoms with Gasteiger partial charge in [0.25, 0.3) is 11.8 Å². The van der Waals surface area contributed by atoms with Crippen LogP contribution in [0, 0.1) is 0 Å². The third-order valence-corrected chi connectivity index (χ3v) is 8.40. The fourth-order valence-corrected chi connectivity index (χ4v) is 6.05. The molecule has 2 N–H and O–H groups in total. The quantitative estimate of drug-likeness (QED) is 0.105. The predicted molar refractivity (Wildman–Crippen MR) is 179 cm³/mol. The van der Waals surface area contributed by atoms with Gasteiger partial charge in [-0.3, -0.25) is 9.59 Å². The zero-order valence-electron chi connectivity index (χ0n) is 25.4. The molecule has 12 heteroatoms. The number of unbranched alkanes of at least 4 members (excludes halogenated alkanes) is 5. The Bertz CT molecular complexity index is 1600. The molecule has 0 saturated heterocycles. The molecule has 0 fully saturated rings. The summed E-state index contributed by atoms with van der Waals surface area (Å²) < 4.78 is 5.24. The molecule has 2 aromatic carbocycles. The number of fused-ring (bicyclic) bond motifs is 2. The third kappa shape index (κ3) is 7.82. The smallest absolute Gasteiger partial charge is 0.264 e. The lowest BCUT2D eigenvalue weighted by atomic mass is 10.1. The van der Waals surface area contributed by atoms with Crippen LogP contribution in [0.5, 0.6) is 11.8 Å². The highest BCUT2D eigenvalue weighted by Gasteiger charge is 2.20. The molecule has 4 rings (SSSR count). The lowest BCUT2D eigenvalue weighted by molar-refractivity contribution is -0.119. The van der Waals surface area contributed by atoms with Gasteiger partial charge in [0.1, 0.15) is 0 Å². The Morgan fingerprint density at radius 1 is 0.659 bits per heavy atom. The van der Waals surface area contributed by atoms with Gasteiger partial charge in [0, 0.05) is 44.6 Å². The SMILES string of the molecule is CC(C)n1c(O)c(N=NC(=O)CCCCCCCCC(=O)N=Nc2c(O)n(C(C)C)c3ccc(Br)cc23)c2cc(Br)ccc21. The van der Waals surface area contributed by atoms with Gasteiger partial charge in [-0.2, -0.15) is 0 Å². The number of rotatable bonds is 13. The lowest BCUT2D eigenvalue weighted by Gasteiger charge is -2.10. The summed E-state index contributed by atoms with van der Waals surface area (Å²) in [4.78, 5) is 24.7. The number of aromatic nitrogens is 2. The Morgan fingerprint density at radius 3 is 1.39 bits per heavy atom. The minimum absolute atomic E-state index is 0.00488. The van der Waals surface area contributed by atoms with Crippen molar-refractivity contribution in [1.29, 1.82) is 0 Å². The van der Waals surface area contributed by atoms with Crippen LogP contribution in [0.25, 0.3) is 21.8 Å². The second-order valence-electron chi connectivity index (χ2n) is 11.4. The molecule has 10 nitrogen and oxygen atoms in total. The molecule has 4 aromatic rings. The fraction of sp³-hybridized carbons (Fsp3) is 0.438. The van der Waals surface area contributed by atoms with Crippen molar-refractivity contribution in [2.75, 3.05) is 0 Å². The van der Waals surface area contributed by atoms with Gasteiger partial charge >= 0.3 is 0 Å². The topological polar surface area (TPSA) is 134 Å². The molecule has 0 aliphatic carbocycles. The third-order valence-electron chi connectivity index (χ3n) is 7.41. The first-order valence-electron chi connectivity index (χ1n) is 14.9. The highest BCUT2D eigenvalue weighted by molar-refractivity contribution is 9.10. The predicted octanol–water partition coefficient (Wildman–Crippen LogP) is 10.7. The Hall–Kier alpha value is -3.38. The highest BCUT2D eigenvalue weighted by Crippen LogP contribution is 2.43. The summed E-state index contributed by atoms with van der Waals surface area (Å²) in [5.74, 6) is -0.657. The van der Waals surface area contributed by atoms with Crippen molar-refractivity contribution < 1.29 is 19.8 Å². The monoisotopic (exact) mass is 728 g/mol. The van der Waals surface area contributed by atoms with Crippen molar-refractivity contribution in [1.82, 2.24) is 9.13 Å². The van der Waals surface area contributed by atoms with E-state index in [2.05, 4.69) is 52.3 Å². The van der Waals surface area contributed by atoms with Crippen molar-refractivity contribution in [3.63, 3.8) is 0 Å². The van der Waals surface area contributed by atoms with Crippen LogP contribution in [0.1, 0.15) is 91.1 Å². The highest BCUT2D eigenvalue weighted by atomic mass is 79.9. The molecular formula is C32H38Br2N6O4. The van der Waals surface area contributed by atoms with Crippen molar-refractivity contribution in [2.45, 2.75) is 91.1 Å². The van der Waals surface area contributed by atoms with Crippen LogP contribution in [-0.2, 0) is 9.59 Å². The second kappa shape index (κ2) is 15.1. The molecule has 0 saturated carbocycles. The van der Waals surface area contributed by atoms with E-state index in [0.717, 1.165) is 56.4 Å². The lowest BCUT2D eigenvalue weighted by Crippen LogP contribution is -1.98. The number of carbonyl (C=O) groups excluding carboxylic acids is 2. The summed E-state index contributed by atoms with van der Waals surface area (Å²) in [7, 11) is 0. The van der Waals surface area contributed by atoms with Crippen molar-refractivity contribution in [3.8, 4) is 11.8 Å². The Balaban J connectivity index is 1.18. The second-order valence-corrected chi connectivity index (χ2v) is 13.2. The number of nitrogens with zero attached hydrogens (tertiary/aromatic N) is 6. The summed E-state index contributed by atoms with van der Waals surface area (Å²) in [6.45, 7) is 7.88. The van der Waals surface area contributed by atoms with Crippen LogP contribution in [-0.4, -0.2) is 31.2 Å². The first-order valence-corrected chi connectivity index (χ1v) is 16.5. The Labute approximate surface area is 273 Å². The molecule has 2 amide bonds. The van der Waals surface area contributed by atoms with Crippen molar-refractivity contribution >= 4 is 76.9 Å². The van der Waals surface area contributed by atoms with Crippen LogP contribution in [0.4, 0.5) is 11.4 Å². The molecule has 44 heavy (non-hydrogen) atoms. The van der Waals surface area contributed by atoms with E-state index in [4.69, 9.17) is 0 Å². The summed E-state index contributed by atoms with van der Waals surface area (Å²) in [5.41, 5.74) is 2.25. The first kappa shape index (κ1) is 33.5. The van der Waals surface area contributed by atoms with Crippen molar-refractivity contribution in [2.24, 2.45) is 20.5 Å². The molecular weight excluding hydrogens is 692 g/mol. The minimum atomic E-state index is -0.323. The van der Waals surface area contributed by atoms with Crippen LogP contribution in [0.15, 0.2) is 65.8 Å². The number of halogens is 2. The average molecular weight is 731 g/mol. The largest absolute Gasteiger partial charge is 0.493 e. The summed E-state index contributed by atoms with van der Waals surface area (Å²) >= 11 is 6.91. The maximum absolute atomic E-state index is 12.4. The summed E-state index contributed by atoms with van der Waals surface area (Å²) in [5, 5.41) is 38.9. The standard InChI is InChI=1S/C32H38Br2N6O4/c1-19(2)39-25-15-13-21(33)17-23(25)29(31(39)43)37-35-27(41)11-9-7-5-6-8-10-12-28(42)36-38-30-24-18-22(34)14-16-26(24)40(20(3)4)32(30)44/h13-20,43-44H,5-12H2,1-4H3. The van der Waals surface area contributed by atoms with Gasteiger partial charge in [-0.1, -0.05) is 57.5 Å². The number of carbonyl (C=O) groups is 2. The van der Waals surface area contributed by atoms with E-state index < -0.39 is 0 Å². The van der Waals surface area contributed by atoms with E-state index in [1.54, 1.807) is 9.13 Å². The molecule has 0 bridgehead atoms. The maximum Gasteiger partial charge on any atom is 0.264 e. The molecule has 0 aliphatic heterocycles. The molecule has 0 atom stereocenters. The van der Waals surface area contributed by atoms with E-state index in [1.807, 2.05) is 64.1 Å². The van der Waals surface area contributed by atoms with Gasteiger partial charge in [0.15, 0.2) is 11.4 Å². The first-order chi connectivity index (χ1) is 21.0. The van der Waals surface area contributed by atoms with Crippen LogP contribution in [0.2, 0.25) is 0 Å². The van der Waals surface area contributed by atoms with Gasteiger partial charge < -0.3 is 19.3 Å². The van der Waals surface area contributed by atoms with Gasteiger partial charge in [0.05, 0.1) is 11.0 Å². The molecule has 2 heterocycles. The molecule has 234 valence electrons. The van der Waals surface area contributed by atoms with E-state index in [-0.39, 0.29) is 48.5 Å². The minimum Gasteiger partial charge on any atom is -0.493 e. The zero-order valence-corrected chi connectivity index (χ0v) is 28.6. The number of aromatic hydroxyl groups is 2. The van der Waals surface area contributed by atoms with E-state index in [1.165, 1.54) is 0 Å². The van der Waals surface area contributed by atoms with Gasteiger partial charge in [-0.25, -0.2) is 0 Å². The summed E-state index contributed by atoms with van der Waals surface area (Å²) in [6, 6.07) is 11.4.